The number of rotatable bonds is 4. The average Bonchev–Trinajstić information content (AvgIpc) is 3.04. The van der Waals surface area contributed by atoms with E-state index in [1.54, 1.807) is 6.20 Å². The number of nitrogens with one attached hydrogen (secondary N) is 2. The Labute approximate surface area is 141 Å². The van der Waals surface area contributed by atoms with Crippen molar-refractivity contribution < 1.29 is 14.3 Å². The van der Waals surface area contributed by atoms with E-state index < -0.39 is 17.2 Å². The third-order valence-electron chi connectivity index (χ3n) is 3.75. The summed E-state index contributed by atoms with van der Waals surface area (Å²) < 4.78 is 5.26. The standard InChI is InChI=1S/C16H25N3O3S/c1-11-17-9-12(23-11)13(20)19-16(7-5-6-8-16)10-18-14(21)22-15(2,3)4/h9H,5-8,10H2,1-4H3,(H,18,21)(H,19,20). The Balaban J connectivity index is 1.96. The Morgan fingerprint density at radius 3 is 2.52 bits per heavy atom. The first-order valence-corrected chi connectivity index (χ1v) is 8.73. The van der Waals surface area contributed by atoms with Crippen LogP contribution in [0.25, 0.3) is 0 Å². The van der Waals surface area contributed by atoms with Gasteiger partial charge in [-0.3, -0.25) is 4.79 Å². The molecule has 0 radical (unpaired) electrons. The lowest BCUT2D eigenvalue weighted by atomic mass is 9.97. The quantitative estimate of drug-likeness (QED) is 0.883. The molecule has 0 bridgehead atoms. The molecule has 1 saturated carbocycles. The molecule has 7 heteroatoms. The van der Waals surface area contributed by atoms with Crippen LogP contribution in [0.5, 0.6) is 0 Å². The molecule has 0 aromatic carbocycles. The van der Waals surface area contributed by atoms with Crippen molar-refractivity contribution in [3.8, 4) is 0 Å². The number of ether oxygens (including phenoxy) is 1. The third-order valence-corrected chi connectivity index (χ3v) is 4.67. The van der Waals surface area contributed by atoms with Gasteiger partial charge in [-0.15, -0.1) is 11.3 Å². The molecule has 1 aliphatic rings. The van der Waals surface area contributed by atoms with Crippen molar-refractivity contribution in [2.24, 2.45) is 0 Å². The number of aromatic nitrogens is 1. The highest BCUT2D eigenvalue weighted by Gasteiger charge is 2.36. The van der Waals surface area contributed by atoms with Crippen molar-refractivity contribution in [2.75, 3.05) is 6.54 Å². The summed E-state index contributed by atoms with van der Waals surface area (Å²) in [6.07, 6.45) is 4.93. The summed E-state index contributed by atoms with van der Waals surface area (Å²) in [4.78, 5) is 29.0. The molecule has 1 aromatic heterocycles. The van der Waals surface area contributed by atoms with Gasteiger partial charge in [0.15, 0.2) is 0 Å². The molecule has 6 nitrogen and oxygen atoms in total. The molecular formula is C16H25N3O3S. The summed E-state index contributed by atoms with van der Waals surface area (Å²) in [6.45, 7) is 7.73. The molecule has 0 spiro atoms. The van der Waals surface area contributed by atoms with Crippen LogP contribution in [-0.2, 0) is 4.74 Å². The van der Waals surface area contributed by atoms with Crippen molar-refractivity contribution in [2.45, 2.75) is 64.5 Å². The molecule has 2 N–H and O–H groups in total. The van der Waals surface area contributed by atoms with Gasteiger partial charge < -0.3 is 15.4 Å². The molecular weight excluding hydrogens is 314 g/mol. The van der Waals surface area contributed by atoms with Crippen LogP contribution in [0.15, 0.2) is 6.20 Å². The highest BCUT2D eigenvalue weighted by Crippen LogP contribution is 2.30. The van der Waals surface area contributed by atoms with Crippen molar-refractivity contribution in [3.05, 3.63) is 16.1 Å². The molecule has 1 heterocycles. The summed E-state index contributed by atoms with van der Waals surface area (Å²) >= 11 is 1.37. The van der Waals surface area contributed by atoms with Gasteiger partial charge in [0.05, 0.1) is 16.7 Å². The van der Waals surface area contributed by atoms with Gasteiger partial charge in [-0.1, -0.05) is 12.8 Å². The first kappa shape index (κ1) is 17.7. The second-order valence-electron chi connectivity index (χ2n) is 7.04. The second-order valence-corrected chi connectivity index (χ2v) is 8.28. The highest BCUT2D eigenvalue weighted by atomic mass is 32.1. The number of amides is 2. The Hall–Kier alpha value is -1.63. The largest absolute Gasteiger partial charge is 0.444 e. The fourth-order valence-corrected chi connectivity index (χ4v) is 3.39. The number of nitrogens with zero attached hydrogens (tertiary/aromatic N) is 1. The predicted molar refractivity (Wildman–Crippen MR) is 89.8 cm³/mol. The molecule has 2 amide bonds. The number of carbonyl (C=O) groups is 2. The van der Waals surface area contributed by atoms with E-state index in [-0.39, 0.29) is 5.91 Å². The van der Waals surface area contributed by atoms with Crippen LogP contribution in [0, 0.1) is 6.92 Å². The first-order chi connectivity index (χ1) is 10.7. The smallest absolute Gasteiger partial charge is 0.407 e. The van der Waals surface area contributed by atoms with E-state index in [1.165, 1.54) is 11.3 Å². The molecule has 1 aliphatic carbocycles. The molecule has 2 rings (SSSR count). The predicted octanol–water partition coefficient (Wildman–Crippen LogP) is 3.02. The van der Waals surface area contributed by atoms with Crippen molar-refractivity contribution in [3.63, 3.8) is 0 Å². The van der Waals surface area contributed by atoms with E-state index in [0.717, 1.165) is 30.7 Å². The van der Waals surface area contributed by atoms with E-state index in [4.69, 9.17) is 4.74 Å². The SMILES string of the molecule is Cc1ncc(C(=O)NC2(CNC(=O)OC(C)(C)C)CCCC2)s1. The zero-order valence-corrected chi connectivity index (χ0v) is 15.0. The van der Waals surface area contributed by atoms with E-state index in [0.29, 0.717) is 11.4 Å². The summed E-state index contributed by atoms with van der Waals surface area (Å²) in [5.74, 6) is -0.122. The average molecular weight is 339 g/mol. The molecule has 0 atom stereocenters. The van der Waals surface area contributed by atoms with Crippen molar-refractivity contribution in [1.29, 1.82) is 0 Å². The summed E-state index contributed by atoms with van der Waals surface area (Å²) in [6, 6.07) is 0. The maximum Gasteiger partial charge on any atom is 0.407 e. The maximum atomic E-state index is 12.4. The second kappa shape index (κ2) is 6.86. The lowest BCUT2D eigenvalue weighted by Gasteiger charge is -2.31. The minimum atomic E-state index is -0.531. The van der Waals surface area contributed by atoms with Gasteiger partial charge in [0.2, 0.25) is 0 Å². The normalized spacial score (nSPS) is 16.9. The number of carbonyl (C=O) groups excluding carboxylic acids is 2. The molecule has 1 fully saturated rings. The topological polar surface area (TPSA) is 80.3 Å². The highest BCUT2D eigenvalue weighted by molar-refractivity contribution is 7.13. The number of hydrogen-bond donors (Lipinski definition) is 2. The summed E-state index contributed by atoms with van der Waals surface area (Å²) in [7, 11) is 0. The van der Waals surface area contributed by atoms with E-state index in [1.807, 2.05) is 27.7 Å². The summed E-state index contributed by atoms with van der Waals surface area (Å²) in [5.41, 5.74) is -0.928. The zero-order chi connectivity index (χ0) is 17.1. The molecule has 0 saturated heterocycles. The van der Waals surface area contributed by atoms with Crippen LogP contribution in [0.4, 0.5) is 4.79 Å². The van der Waals surface area contributed by atoms with Crippen LogP contribution in [0.1, 0.15) is 61.1 Å². The maximum absolute atomic E-state index is 12.4. The number of alkyl carbamates (subject to hydrolysis) is 1. The van der Waals surface area contributed by atoms with Gasteiger partial charge in [-0.2, -0.15) is 0 Å². The van der Waals surface area contributed by atoms with Gasteiger partial charge in [0.25, 0.3) is 5.91 Å². The summed E-state index contributed by atoms with van der Waals surface area (Å²) in [5, 5.41) is 6.76. The van der Waals surface area contributed by atoms with Crippen LogP contribution in [0.2, 0.25) is 0 Å². The van der Waals surface area contributed by atoms with Crippen molar-refractivity contribution >= 4 is 23.3 Å². The Kier molecular flexibility index (Phi) is 5.29. The van der Waals surface area contributed by atoms with Gasteiger partial charge >= 0.3 is 6.09 Å². The molecule has 1 aromatic rings. The Bertz CT molecular complexity index is 571. The van der Waals surface area contributed by atoms with E-state index >= 15 is 0 Å². The Morgan fingerprint density at radius 2 is 2.00 bits per heavy atom. The molecule has 23 heavy (non-hydrogen) atoms. The monoisotopic (exact) mass is 339 g/mol. The Morgan fingerprint density at radius 1 is 1.35 bits per heavy atom. The lowest BCUT2D eigenvalue weighted by Crippen LogP contribution is -2.54. The van der Waals surface area contributed by atoms with Gasteiger partial charge in [-0.25, -0.2) is 9.78 Å². The van der Waals surface area contributed by atoms with Gasteiger partial charge in [-0.05, 0) is 40.5 Å². The van der Waals surface area contributed by atoms with E-state index in [2.05, 4.69) is 15.6 Å². The van der Waals surface area contributed by atoms with Gasteiger partial charge in [0.1, 0.15) is 10.5 Å². The fourth-order valence-electron chi connectivity index (χ4n) is 2.72. The fraction of sp³-hybridized carbons (Fsp3) is 0.688. The molecule has 0 unspecified atom stereocenters. The molecule has 0 aliphatic heterocycles. The van der Waals surface area contributed by atoms with E-state index in [9.17, 15) is 9.59 Å². The van der Waals surface area contributed by atoms with Crippen LogP contribution < -0.4 is 10.6 Å². The van der Waals surface area contributed by atoms with Gasteiger partial charge in [0, 0.05) is 6.54 Å². The lowest BCUT2D eigenvalue weighted by molar-refractivity contribution is 0.0505. The third kappa shape index (κ3) is 5.20. The van der Waals surface area contributed by atoms with Crippen molar-refractivity contribution in [1.82, 2.24) is 15.6 Å². The minimum absolute atomic E-state index is 0.122. The number of aryl methyl sites for hydroxylation is 1. The van der Waals surface area contributed by atoms with Crippen LogP contribution >= 0.6 is 11.3 Å². The van der Waals surface area contributed by atoms with Crippen LogP contribution in [0.3, 0.4) is 0 Å². The molecule has 128 valence electrons. The van der Waals surface area contributed by atoms with Crippen LogP contribution in [-0.4, -0.2) is 34.7 Å². The number of hydrogen-bond acceptors (Lipinski definition) is 5. The number of thiazole rings is 1. The first-order valence-electron chi connectivity index (χ1n) is 7.91. The zero-order valence-electron chi connectivity index (χ0n) is 14.2. The minimum Gasteiger partial charge on any atom is -0.444 e.